The zero-order valence-corrected chi connectivity index (χ0v) is 12.3. The fourth-order valence-corrected chi connectivity index (χ4v) is 2.36. The van der Waals surface area contributed by atoms with E-state index in [1.807, 2.05) is 6.07 Å². The van der Waals surface area contributed by atoms with Crippen molar-refractivity contribution in [1.82, 2.24) is 0 Å². The van der Waals surface area contributed by atoms with Crippen molar-refractivity contribution in [3.63, 3.8) is 0 Å². The van der Waals surface area contributed by atoms with Crippen LogP contribution in [-0.2, 0) is 4.57 Å². The molecule has 0 spiro atoms. The molecule has 0 bridgehead atoms. The third kappa shape index (κ3) is 4.13. The van der Waals surface area contributed by atoms with Crippen LogP contribution >= 0.6 is 7.60 Å². The van der Waals surface area contributed by atoms with Gasteiger partial charge >= 0.3 is 45.3 Å². The molecule has 1 atom stereocenters. The molecule has 1 N–H and O–H groups in total. The van der Waals surface area contributed by atoms with Gasteiger partial charge in [-0.15, -0.1) is 0 Å². The van der Waals surface area contributed by atoms with Crippen molar-refractivity contribution in [1.29, 1.82) is 0 Å². The molecule has 0 radical (unpaired) electrons. The predicted octanol–water partition coefficient (Wildman–Crippen LogP) is 2.42. The maximum Gasteiger partial charge on any atom is 2.00 e. The van der Waals surface area contributed by atoms with E-state index in [1.54, 1.807) is 54.6 Å². The number of hydrogen-bond acceptors (Lipinski definition) is 2. The normalized spacial score (nSPS) is 13.2. The van der Waals surface area contributed by atoms with Crippen LogP contribution in [0.4, 0.5) is 0 Å². The summed E-state index contributed by atoms with van der Waals surface area (Å²) >= 11 is 0. The van der Waals surface area contributed by atoms with Crippen LogP contribution in [-0.4, -0.2) is 42.6 Å². The first-order chi connectivity index (χ1) is 7.68. The molecule has 0 saturated carbocycles. The minimum Gasteiger partial charge on any atom is -1.00 e. The van der Waals surface area contributed by atoms with E-state index in [-0.39, 0.29) is 40.6 Å². The number of hydrogen-bond donors (Lipinski definition) is 1. The SMILES string of the molecule is O=P(O)(Oc1ccccc1)c1ccccc1.[Ca+2].[H-].[H-]. The maximum atomic E-state index is 11.9. The maximum absolute atomic E-state index is 11.9. The molecular formula is C12H13CaO3P. The van der Waals surface area contributed by atoms with Crippen LogP contribution in [0.15, 0.2) is 60.7 Å². The largest absolute Gasteiger partial charge is 2.00 e. The molecule has 0 saturated heterocycles. The molecule has 0 fully saturated rings. The van der Waals surface area contributed by atoms with Crippen molar-refractivity contribution in [3.8, 4) is 5.75 Å². The van der Waals surface area contributed by atoms with Gasteiger partial charge in [0, 0.05) is 0 Å². The summed E-state index contributed by atoms with van der Waals surface area (Å²) < 4.78 is 17.0. The van der Waals surface area contributed by atoms with E-state index >= 15 is 0 Å². The monoisotopic (exact) mass is 276 g/mol. The van der Waals surface area contributed by atoms with Crippen molar-refractivity contribution in [2.75, 3.05) is 0 Å². The molecule has 0 aromatic heterocycles. The molecule has 0 aliphatic carbocycles. The number of para-hydroxylation sites is 1. The van der Waals surface area contributed by atoms with Gasteiger partial charge in [-0.3, -0.25) is 0 Å². The Bertz CT molecular complexity index is 511. The minimum atomic E-state index is -3.77. The van der Waals surface area contributed by atoms with Crippen LogP contribution < -0.4 is 9.83 Å². The van der Waals surface area contributed by atoms with Gasteiger partial charge in [-0.1, -0.05) is 36.4 Å². The Morgan fingerprint density at radius 2 is 1.41 bits per heavy atom. The van der Waals surface area contributed by atoms with E-state index in [1.165, 1.54) is 0 Å². The summed E-state index contributed by atoms with van der Waals surface area (Å²) in [6.07, 6.45) is 0. The number of benzene rings is 2. The minimum absolute atomic E-state index is 0. The van der Waals surface area contributed by atoms with Crippen molar-refractivity contribution in [2.24, 2.45) is 0 Å². The van der Waals surface area contributed by atoms with Crippen LogP contribution in [0, 0.1) is 0 Å². The van der Waals surface area contributed by atoms with Crippen LogP contribution in [0.5, 0.6) is 5.75 Å². The average Bonchev–Trinajstić information content (AvgIpc) is 2.31. The summed E-state index contributed by atoms with van der Waals surface area (Å²) in [7, 11) is -3.77. The molecule has 17 heavy (non-hydrogen) atoms. The third-order valence-corrected chi connectivity index (χ3v) is 3.46. The van der Waals surface area contributed by atoms with Gasteiger partial charge < -0.3 is 12.3 Å². The Morgan fingerprint density at radius 3 is 1.94 bits per heavy atom. The third-order valence-electron chi connectivity index (χ3n) is 2.05. The van der Waals surface area contributed by atoms with Crippen molar-refractivity contribution < 1.29 is 16.8 Å². The smallest absolute Gasteiger partial charge is 1.00 e. The Balaban J connectivity index is 0. The predicted molar refractivity (Wildman–Crippen MR) is 70.9 cm³/mol. The zero-order chi connectivity index (χ0) is 11.4. The first-order valence-corrected chi connectivity index (χ1v) is 6.39. The summed E-state index contributed by atoms with van der Waals surface area (Å²) in [6, 6.07) is 16.9. The fraction of sp³-hybridized carbons (Fsp3) is 0. The zero-order valence-electron chi connectivity index (χ0n) is 11.2. The number of rotatable bonds is 3. The quantitative estimate of drug-likeness (QED) is 0.692. The molecule has 86 valence electrons. The van der Waals surface area contributed by atoms with Gasteiger partial charge in [0.15, 0.2) is 0 Å². The second kappa shape index (κ2) is 6.58. The molecule has 0 aliphatic heterocycles. The van der Waals surface area contributed by atoms with E-state index in [0.717, 1.165) is 0 Å². The van der Waals surface area contributed by atoms with Crippen molar-refractivity contribution in [3.05, 3.63) is 60.7 Å². The van der Waals surface area contributed by atoms with E-state index in [4.69, 9.17) is 4.52 Å². The summed E-state index contributed by atoms with van der Waals surface area (Å²) in [5.74, 6) is 0.386. The van der Waals surface area contributed by atoms with Gasteiger partial charge in [-0.25, -0.2) is 4.57 Å². The summed E-state index contributed by atoms with van der Waals surface area (Å²) in [4.78, 5) is 9.77. The second-order valence-corrected chi connectivity index (χ2v) is 5.00. The van der Waals surface area contributed by atoms with Crippen molar-refractivity contribution >= 4 is 50.6 Å². The van der Waals surface area contributed by atoms with Gasteiger partial charge in [0.05, 0.1) is 5.30 Å². The Kier molecular flexibility index (Phi) is 5.71. The summed E-state index contributed by atoms with van der Waals surface area (Å²) in [6.45, 7) is 0. The molecule has 1 unspecified atom stereocenters. The molecule has 0 amide bonds. The van der Waals surface area contributed by atoms with Gasteiger partial charge in [-0.05, 0) is 24.3 Å². The van der Waals surface area contributed by atoms with Crippen LogP contribution in [0.2, 0.25) is 0 Å². The molecular weight excluding hydrogens is 263 g/mol. The van der Waals surface area contributed by atoms with Crippen molar-refractivity contribution in [2.45, 2.75) is 0 Å². The van der Waals surface area contributed by atoms with E-state index in [2.05, 4.69) is 0 Å². The summed E-state index contributed by atoms with van der Waals surface area (Å²) in [5, 5.41) is 0.291. The molecule has 2 aromatic rings. The fourth-order valence-electron chi connectivity index (χ4n) is 1.29. The van der Waals surface area contributed by atoms with Gasteiger partial charge in [-0.2, -0.15) is 0 Å². The molecule has 0 aliphatic rings. The molecule has 2 rings (SSSR count). The van der Waals surface area contributed by atoms with Crippen LogP contribution in [0.1, 0.15) is 2.85 Å². The Labute approximate surface area is 133 Å². The molecule has 5 heteroatoms. The van der Waals surface area contributed by atoms with E-state index in [0.29, 0.717) is 11.1 Å². The van der Waals surface area contributed by atoms with Crippen LogP contribution in [0.3, 0.4) is 0 Å². The average molecular weight is 276 g/mol. The van der Waals surface area contributed by atoms with Gasteiger partial charge in [0.2, 0.25) is 0 Å². The summed E-state index contributed by atoms with van der Waals surface area (Å²) in [5.41, 5.74) is 0. The van der Waals surface area contributed by atoms with E-state index in [9.17, 15) is 9.46 Å². The van der Waals surface area contributed by atoms with Crippen LogP contribution in [0.25, 0.3) is 0 Å². The Hall–Kier alpha value is -0.310. The molecule has 2 aromatic carbocycles. The first kappa shape index (κ1) is 14.7. The molecule has 0 heterocycles. The topological polar surface area (TPSA) is 46.5 Å². The first-order valence-electron chi connectivity index (χ1n) is 4.81. The second-order valence-electron chi connectivity index (χ2n) is 3.26. The standard InChI is InChI=1S/C12H11O3P.Ca.2H/c13-16(14,12-9-5-2-6-10-12)15-11-7-3-1-4-8-11;;;/h1-10H,(H,13,14);;;/q;+2;2*-1. The Morgan fingerprint density at radius 1 is 0.941 bits per heavy atom. The van der Waals surface area contributed by atoms with Gasteiger partial charge in [0.25, 0.3) is 0 Å². The van der Waals surface area contributed by atoms with Gasteiger partial charge in [0.1, 0.15) is 5.75 Å². The van der Waals surface area contributed by atoms with E-state index < -0.39 is 7.60 Å². The molecule has 3 nitrogen and oxygen atoms in total.